The number of carboxylic acids is 1. The highest BCUT2D eigenvalue weighted by Gasteiger charge is 2.34. The number of piperidine rings is 1. The summed E-state index contributed by atoms with van der Waals surface area (Å²) < 4.78 is 0. The van der Waals surface area contributed by atoms with E-state index in [1.165, 1.54) is 0 Å². The van der Waals surface area contributed by atoms with Crippen LogP contribution >= 0.6 is 0 Å². The first kappa shape index (κ1) is 15.0. The van der Waals surface area contributed by atoms with Gasteiger partial charge in [-0.05, 0) is 25.2 Å². The lowest BCUT2D eigenvalue weighted by Gasteiger charge is -2.37. The van der Waals surface area contributed by atoms with Gasteiger partial charge < -0.3 is 10.0 Å². The maximum atomic E-state index is 12.0. The molecule has 4 nitrogen and oxygen atoms in total. The molecule has 1 rings (SSSR count). The Morgan fingerprint density at radius 3 is 2.56 bits per heavy atom. The second kappa shape index (κ2) is 7.39. The van der Waals surface area contributed by atoms with Gasteiger partial charge in [0.05, 0.1) is 0 Å². The number of rotatable bonds is 6. The molecule has 18 heavy (non-hydrogen) atoms. The van der Waals surface area contributed by atoms with Crippen LogP contribution in [0.4, 0.5) is 0 Å². The molecule has 1 heterocycles. The van der Waals surface area contributed by atoms with Crippen molar-refractivity contribution < 1.29 is 14.7 Å². The summed E-state index contributed by atoms with van der Waals surface area (Å²) >= 11 is 0. The summed E-state index contributed by atoms with van der Waals surface area (Å²) in [5.41, 5.74) is 0. The normalized spacial score (nSPS) is 24.0. The Kier molecular flexibility index (Phi) is 6.16. The first-order valence-electron chi connectivity index (χ1n) is 7.12. The first-order chi connectivity index (χ1) is 8.60. The SMILES string of the molecule is CCCCCC(=O)N1CCC(CC)CC1C(=O)O. The van der Waals surface area contributed by atoms with Gasteiger partial charge in [0.15, 0.2) is 0 Å². The summed E-state index contributed by atoms with van der Waals surface area (Å²) in [6.45, 7) is 4.79. The summed E-state index contributed by atoms with van der Waals surface area (Å²) in [5.74, 6) is -0.381. The third-order valence-corrected chi connectivity index (χ3v) is 3.89. The minimum absolute atomic E-state index is 0.0189. The molecule has 4 heteroatoms. The van der Waals surface area contributed by atoms with E-state index in [4.69, 9.17) is 0 Å². The van der Waals surface area contributed by atoms with E-state index in [2.05, 4.69) is 13.8 Å². The zero-order valence-corrected chi connectivity index (χ0v) is 11.5. The molecule has 0 aromatic rings. The van der Waals surface area contributed by atoms with Gasteiger partial charge in [-0.3, -0.25) is 4.79 Å². The molecule has 0 aromatic carbocycles. The van der Waals surface area contributed by atoms with Gasteiger partial charge in [0.1, 0.15) is 6.04 Å². The molecule has 0 saturated carbocycles. The maximum Gasteiger partial charge on any atom is 0.326 e. The summed E-state index contributed by atoms with van der Waals surface area (Å²) in [6.07, 6.45) is 6.04. The Morgan fingerprint density at radius 2 is 2.00 bits per heavy atom. The number of carbonyl (C=O) groups is 2. The van der Waals surface area contributed by atoms with E-state index in [9.17, 15) is 14.7 Å². The number of carbonyl (C=O) groups excluding carboxylic acids is 1. The van der Waals surface area contributed by atoms with Crippen molar-refractivity contribution in [1.82, 2.24) is 4.90 Å². The van der Waals surface area contributed by atoms with E-state index in [0.717, 1.165) is 32.1 Å². The number of aliphatic carboxylic acids is 1. The summed E-state index contributed by atoms with van der Waals surface area (Å²) in [7, 11) is 0. The van der Waals surface area contributed by atoms with Gasteiger partial charge in [-0.15, -0.1) is 0 Å². The fraction of sp³-hybridized carbons (Fsp3) is 0.857. The highest BCUT2D eigenvalue weighted by atomic mass is 16.4. The van der Waals surface area contributed by atoms with Crippen LogP contribution in [-0.2, 0) is 9.59 Å². The van der Waals surface area contributed by atoms with Crippen LogP contribution in [0.2, 0.25) is 0 Å². The third-order valence-electron chi connectivity index (χ3n) is 3.89. The fourth-order valence-corrected chi connectivity index (χ4v) is 2.61. The molecular formula is C14H25NO3. The Hall–Kier alpha value is -1.06. The molecule has 1 N–H and O–H groups in total. The Balaban J connectivity index is 2.56. The monoisotopic (exact) mass is 255 g/mol. The van der Waals surface area contributed by atoms with Crippen molar-refractivity contribution in [3.8, 4) is 0 Å². The third kappa shape index (κ3) is 4.00. The quantitative estimate of drug-likeness (QED) is 0.742. The summed E-state index contributed by atoms with van der Waals surface area (Å²) in [4.78, 5) is 24.9. The highest BCUT2D eigenvalue weighted by Crippen LogP contribution is 2.26. The summed E-state index contributed by atoms with van der Waals surface area (Å²) in [6, 6.07) is -0.599. The lowest BCUT2D eigenvalue weighted by Crippen LogP contribution is -2.50. The first-order valence-corrected chi connectivity index (χ1v) is 7.12. The van der Waals surface area contributed by atoms with Crippen molar-refractivity contribution in [2.45, 2.75) is 64.8 Å². The van der Waals surface area contributed by atoms with Crippen LogP contribution in [0.5, 0.6) is 0 Å². The minimum Gasteiger partial charge on any atom is -0.480 e. The lowest BCUT2D eigenvalue weighted by molar-refractivity contribution is -0.153. The Bertz CT molecular complexity index is 291. The molecule has 1 aliphatic rings. The van der Waals surface area contributed by atoms with Crippen LogP contribution in [-0.4, -0.2) is 34.5 Å². The van der Waals surface area contributed by atoms with Crippen molar-refractivity contribution in [2.24, 2.45) is 5.92 Å². The smallest absolute Gasteiger partial charge is 0.326 e. The van der Waals surface area contributed by atoms with Crippen LogP contribution in [0.3, 0.4) is 0 Å². The van der Waals surface area contributed by atoms with E-state index in [0.29, 0.717) is 25.3 Å². The van der Waals surface area contributed by atoms with Gasteiger partial charge >= 0.3 is 5.97 Å². The van der Waals surface area contributed by atoms with Crippen molar-refractivity contribution >= 4 is 11.9 Å². The molecule has 0 aromatic heterocycles. The van der Waals surface area contributed by atoms with Gasteiger partial charge in [0.25, 0.3) is 0 Å². The van der Waals surface area contributed by atoms with Gasteiger partial charge in [0.2, 0.25) is 5.91 Å². The molecule has 0 bridgehead atoms. The zero-order chi connectivity index (χ0) is 13.5. The van der Waals surface area contributed by atoms with Crippen LogP contribution in [0.15, 0.2) is 0 Å². The predicted molar refractivity (Wildman–Crippen MR) is 70.3 cm³/mol. The average molecular weight is 255 g/mol. The van der Waals surface area contributed by atoms with E-state index in [-0.39, 0.29) is 5.91 Å². The number of amides is 1. The highest BCUT2D eigenvalue weighted by molar-refractivity contribution is 5.83. The molecular weight excluding hydrogens is 230 g/mol. The molecule has 1 aliphatic heterocycles. The van der Waals surface area contributed by atoms with Crippen LogP contribution in [0, 0.1) is 5.92 Å². The van der Waals surface area contributed by atoms with Gasteiger partial charge in [-0.25, -0.2) is 4.79 Å². The zero-order valence-electron chi connectivity index (χ0n) is 11.5. The molecule has 2 atom stereocenters. The second-order valence-electron chi connectivity index (χ2n) is 5.20. The molecule has 0 radical (unpaired) electrons. The molecule has 2 unspecified atom stereocenters. The topological polar surface area (TPSA) is 57.6 Å². The van der Waals surface area contributed by atoms with Crippen LogP contribution in [0.1, 0.15) is 58.8 Å². The standard InChI is InChI=1S/C14H25NO3/c1-3-5-6-7-13(16)15-9-8-11(4-2)10-12(15)14(17)18/h11-12H,3-10H2,1-2H3,(H,17,18). The number of nitrogens with zero attached hydrogens (tertiary/aromatic N) is 1. The predicted octanol–water partition coefficient (Wildman–Crippen LogP) is 2.67. The van der Waals surface area contributed by atoms with Gasteiger partial charge in [0, 0.05) is 13.0 Å². The molecule has 0 spiro atoms. The number of hydrogen-bond acceptors (Lipinski definition) is 2. The Morgan fingerprint density at radius 1 is 1.28 bits per heavy atom. The number of carboxylic acid groups (broad SMARTS) is 1. The largest absolute Gasteiger partial charge is 0.480 e. The summed E-state index contributed by atoms with van der Waals surface area (Å²) in [5, 5.41) is 9.25. The number of unbranched alkanes of at least 4 members (excludes halogenated alkanes) is 2. The van der Waals surface area contributed by atoms with Crippen LogP contribution < -0.4 is 0 Å². The van der Waals surface area contributed by atoms with E-state index in [1.807, 2.05) is 0 Å². The molecule has 1 saturated heterocycles. The lowest BCUT2D eigenvalue weighted by atomic mass is 9.88. The molecule has 1 fully saturated rings. The number of likely N-dealkylation sites (tertiary alicyclic amines) is 1. The van der Waals surface area contributed by atoms with E-state index in [1.54, 1.807) is 4.90 Å². The average Bonchev–Trinajstić information content (AvgIpc) is 2.38. The molecule has 1 amide bonds. The van der Waals surface area contributed by atoms with Crippen molar-refractivity contribution in [1.29, 1.82) is 0 Å². The number of hydrogen-bond donors (Lipinski definition) is 1. The fourth-order valence-electron chi connectivity index (χ4n) is 2.61. The van der Waals surface area contributed by atoms with E-state index >= 15 is 0 Å². The minimum atomic E-state index is -0.850. The van der Waals surface area contributed by atoms with Crippen LogP contribution in [0.25, 0.3) is 0 Å². The molecule has 104 valence electrons. The second-order valence-corrected chi connectivity index (χ2v) is 5.20. The Labute approximate surface area is 109 Å². The molecule has 0 aliphatic carbocycles. The van der Waals surface area contributed by atoms with Gasteiger partial charge in [-0.2, -0.15) is 0 Å². The van der Waals surface area contributed by atoms with Gasteiger partial charge in [-0.1, -0.05) is 33.1 Å². The van der Waals surface area contributed by atoms with E-state index < -0.39 is 12.0 Å². The maximum absolute atomic E-state index is 12.0. The van der Waals surface area contributed by atoms with Crippen molar-refractivity contribution in [3.05, 3.63) is 0 Å². The van der Waals surface area contributed by atoms with Crippen molar-refractivity contribution in [3.63, 3.8) is 0 Å². The van der Waals surface area contributed by atoms with Crippen molar-refractivity contribution in [2.75, 3.05) is 6.54 Å².